The molecule has 154 valence electrons. The summed E-state index contributed by atoms with van der Waals surface area (Å²) in [6, 6.07) is 8.13. The zero-order valence-electron chi connectivity index (χ0n) is 16.8. The highest BCUT2D eigenvalue weighted by Gasteiger charge is 2.24. The van der Waals surface area contributed by atoms with Crippen molar-refractivity contribution in [2.75, 3.05) is 42.6 Å². The molecular formula is C22H22FN5OS. The van der Waals surface area contributed by atoms with Crippen molar-refractivity contribution in [3.8, 4) is 0 Å². The Morgan fingerprint density at radius 3 is 2.83 bits per heavy atom. The van der Waals surface area contributed by atoms with Gasteiger partial charge in [0.2, 0.25) is 0 Å². The molecule has 1 saturated heterocycles. The number of pyridine rings is 1. The highest BCUT2D eigenvalue weighted by atomic mass is 32.1. The number of hydrogen-bond acceptors (Lipinski definition) is 6. The normalized spacial score (nSPS) is 17.1. The van der Waals surface area contributed by atoms with Crippen LogP contribution in [0.2, 0.25) is 0 Å². The van der Waals surface area contributed by atoms with Gasteiger partial charge >= 0.3 is 0 Å². The molecule has 4 aromatic rings. The molecular weight excluding hydrogens is 401 g/mol. The molecule has 2 aliphatic heterocycles. The molecule has 1 aromatic carbocycles. The Labute approximate surface area is 177 Å². The fourth-order valence-electron chi connectivity index (χ4n) is 4.62. The van der Waals surface area contributed by atoms with Gasteiger partial charge in [-0.1, -0.05) is 11.3 Å². The Morgan fingerprint density at radius 2 is 1.97 bits per heavy atom. The fraction of sp³-hybridized carbons (Fsp3) is 0.364. The molecule has 30 heavy (non-hydrogen) atoms. The van der Waals surface area contributed by atoms with E-state index in [9.17, 15) is 4.39 Å². The summed E-state index contributed by atoms with van der Waals surface area (Å²) in [7, 11) is 2.03. The lowest BCUT2D eigenvalue weighted by atomic mass is 10.0. The number of anilines is 2. The lowest BCUT2D eigenvalue weighted by molar-refractivity contribution is 0.122. The van der Waals surface area contributed by atoms with Crippen LogP contribution in [0.4, 0.5) is 15.2 Å². The molecule has 0 bridgehead atoms. The first-order valence-corrected chi connectivity index (χ1v) is 11.1. The van der Waals surface area contributed by atoms with Gasteiger partial charge in [0, 0.05) is 62.0 Å². The van der Waals surface area contributed by atoms with Crippen molar-refractivity contribution >= 4 is 43.4 Å². The largest absolute Gasteiger partial charge is 0.378 e. The van der Waals surface area contributed by atoms with Crippen LogP contribution in [0.1, 0.15) is 11.3 Å². The minimum Gasteiger partial charge on any atom is -0.378 e. The highest BCUT2D eigenvalue weighted by Crippen LogP contribution is 2.35. The quantitative estimate of drug-likeness (QED) is 0.492. The third-order valence-corrected chi connectivity index (χ3v) is 7.28. The number of fused-ring (bicyclic) bond motifs is 4. The van der Waals surface area contributed by atoms with Gasteiger partial charge in [-0.2, -0.15) is 0 Å². The van der Waals surface area contributed by atoms with Crippen LogP contribution in [0.5, 0.6) is 0 Å². The molecule has 5 heterocycles. The number of rotatable bonds is 2. The van der Waals surface area contributed by atoms with Crippen LogP contribution >= 0.6 is 11.3 Å². The molecule has 0 amide bonds. The molecule has 2 aliphatic rings. The molecule has 0 unspecified atom stereocenters. The third kappa shape index (κ3) is 2.86. The average molecular weight is 424 g/mol. The van der Waals surface area contributed by atoms with Gasteiger partial charge < -0.3 is 19.1 Å². The molecule has 0 N–H and O–H groups in total. The van der Waals surface area contributed by atoms with Gasteiger partial charge in [-0.15, -0.1) is 0 Å². The summed E-state index contributed by atoms with van der Waals surface area (Å²) in [5.74, 6) is -0.283. The monoisotopic (exact) mass is 423 g/mol. The number of benzene rings is 1. The number of thiazole rings is 1. The van der Waals surface area contributed by atoms with Crippen molar-refractivity contribution in [3.63, 3.8) is 0 Å². The molecule has 0 radical (unpaired) electrons. The van der Waals surface area contributed by atoms with Crippen LogP contribution in [0.25, 0.3) is 21.3 Å². The Hall–Kier alpha value is -2.71. The number of halogens is 1. The number of aromatic nitrogens is 3. The van der Waals surface area contributed by atoms with Gasteiger partial charge in [0.1, 0.15) is 11.5 Å². The first-order valence-electron chi connectivity index (χ1n) is 10.3. The Bertz CT molecular complexity index is 1260. The lowest BCUT2D eigenvalue weighted by Crippen LogP contribution is -2.36. The van der Waals surface area contributed by atoms with Crippen molar-refractivity contribution in [2.24, 2.45) is 7.05 Å². The maximum Gasteiger partial charge on any atom is 0.186 e. The Kier molecular flexibility index (Phi) is 4.17. The Balaban J connectivity index is 1.34. The topological polar surface area (TPSA) is 46.4 Å². The predicted molar refractivity (Wildman–Crippen MR) is 118 cm³/mol. The maximum atomic E-state index is 13.9. The molecule has 0 spiro atoms. The smallest absolute Gasteiger partial charge is 0.186 e. The van der Waals surface area contributed by atoms with E-state index in [1.54, 1.807) is 17.4 Å². The lowest BCUT2D eigenvalue weighted by Gasteiger charge is -2.29. The first-order chi connectivity index (χ1) is 14.7. The van der Waals surface area contributed by atoms with Crippen molar-refractivity contribution < 1.29 is 9.13 Å². The highest BCUT2D eigenvalue weighted by molar-refractivity contribution is 7.22. The molecule has 0 atom stereocenters. The minimum atomic E-state index is -0.283. The summed E-state index contributed by atoms with van der Waals surface area (Å²) in [5.41, 5.74) is 5.53. The van der Waals surface area contributed by atoms with Gasteiger partial charge in [-0.05, 0) is 24.3 Å². The van der Waals surface area contributed by atoms with E-state index >= 15 is 0 Å². The summed E-state index contributed by atoms with van der Waals surface area (Å²) < 4.78 is 22.6. The van der Waals surface area contributed by atoms with Crippen LogP contribution in [-0.2, 0) is 24.8 Å². The summed E-state index contributed by atoms with van der Waals surface area (Å²) >= 11 is 1.75. The van der Waals surface area contributed by atoms with Gasteiger partial charge in [-0.3, -0.25) is 0 Å². The van der Waals surface area contributed by atoms with E-state index in [4.69, 9.17) is 9.72 Å². The molecule has 0 saturated carbocycles. The van der Waals surface area contributed by atoms with Gasteiger partial charge in [0.15, 0.2) is 5.13 Å². The van der Waals surface area contributed by atoms with E-state index in [-0.39, 0.29) is 5.82 Å². The van der Waals surface area contributed by atoms with Crippen LogP contribution < -0.4 is 9.80 Å². The molecule has 6 nitrogen and oxygen atoms in total. The van der Waals surface area contributed by atoms with Crippen LogP contribution in [0, 0.1) is 5.82 Å². The predicted octanol–water partition coefficient (Wildman–Crippen LogP) is 3.72. The van der Waals surface area contributed by atoms with E-state index < -0.39 is 0 Å². The van der Waals surface area contributed by atoms with Gasteiger partial charge in [0.25, 0.3) is 0 Å². The molecule has 1 fully saturated rings. The molecule has 0 aliphatic carbocycles. The number of aryl methyl sites for hydroxylation is 1. The zero-order valence-corrected chi connectivity index (χ0v) is 17.6. The third-order valence-electron chi connectivity index (χ3n) is 6.20. The Morgan fingerprint density at radius 1 is 1.10 bits per heavy atom. The number of nitrogens with zero attached hydrogens (tertiary/aromatic N) is 5. The second-order valence-electron chi connectivity index (χ2n) is 7.93. The van der Waals surface area contributed by atoms with Crippen molar-refractivity contribution in [1.29, 1.82) is 0 Å². The van der Waals surface area contributed by atoms with Crippen molar-refractivity contribution in [2.45, 2.75) is 13.0 Å². The van der Waals surface area contributed by atoms with E-state index in [0.717, 1.165) is 67.5 Å². The van der Waals surface area contributed by atoms with Gasteiger partial charge in [0.05, 0.1) is 29.6 Å². The number of hydrogen-bond donors (Lipinski definition) is 0. The zero-order chi connectivity index (χ0) is 20.2. The second-order valence-corrected chi connectivity index (χ2v) is 8.94. The van der Waals surface area contributed by atoms with E-state index in [2.05, 4.69) is 37.5 Å². The van der Waals surface area contributed by atoms with E-state index in [1.807, 2.05) is 7.05 Å². The average Bonchev–Trinajstić information content (AvgIpc) is 3.33. The number of morpholine rings is 1. The van der Waals surface area contributed by atoms with Crippen LogP contribution in [-0.4, -0.2) is 47.4 Å². The SMILES string of the molecule is Cn1c2c(c3cc(F)cnc31)CN(c1ccc3nc(N4CCOCC4)sc3c1)CC2. The summed E-state index contributed by atoms with van der Waals surface area (Å²) in [6.07, 6.45) is 2.22. The maximum absolute atomic E-state index is 13.9. The van der Waals surface area contributed by atoms with Crippen molar-refractivity contribution in [1.82, 2.24) is 14.5 Å². The second kappa shape index (κ2) is 6.92. The van der Waals surface area contributed by atoms with E-state index in [0.29, 0.717) is 0 Å². The standard InChI is InChI=1S/C22H22FN5OS/c1-26-19-4-5-28(13-17(19)16-10-14(23)12-24-21(16)26)15-2-3-18-20(11-15)30-22(25-18)27-6-8-29-9-7-27/h2-3,10-12H,4-9,13H2,1H3. The molecule has 8 heteroatoms. The van der Waals surface area contributed by atoms with Crippen LogP contribution in [0.3, 0.4) is 0 Å². The van der Waals surface area contributed by atoms with Gasteiger partial charge in [-0.25, -0.2) is 14.4 Å². The fourth-order valence-corrected chi connectivity index (χ4v) is 5.67. The summed E-state index contributed by atoms with van der Waals surface area (Å²) in [5, 5.41) is 1.99. The minimum absolute atomic E-state index is 0.283. The molecule has 3 aromatic heterocycles. The summed E-state index contributed by atoms with van der Waals surface area (Å²) in [6.45, 7) is 5.01. The summed E-state index contributed by atoms with van der Waals surface area (Å²) in [4.78, 5) is 13.8. The molecule has 6 rings (SSSR count). The first kappa shape index (κ1) is 18.1. The van der Waals surface area contributed by atoms with Crippen LogP contribution in [0.15, 0.2) is 30.5 Å². The van der Waals surface area contributed by atoms with E-state index in [1.165, 1.54) is 27.8 Å². The van der Waals surface area contributed by atoms with Crippen molar-refractivity contribution in [3.05, 3.63) is 47.5 Å². The number of ether oxygens (including phenoxy) is 1.